The Bertz CT molecular complexity index is 404. The maximum atomic E-state index is 3.71. The zero-order valence-corrected chi connectivity index (χ0v) is 13.5. The topological polar surface area (TPSA) is 12.0 Å². The molecule has 20 heavy (non-hydrogen) atoms. The lowest BCUT2D eigenvalue weighted by Crippen LogP contribution is -2.33. The lowest BCUT2D eigenvalue weighted by molar-refractivity contribution is 0.298. The molecule has 0 spiro atoms. The van der Waals surface area contributed by atoms with Gasteiger partial charge in [-0.1, -0.05) is 57.2 Å². The summed E-state index contributed by atoms with van der Waals surface area (Å²) < 4.78 is 0. The molecule has 0 amide bonds. The summed E-state index contributed by atoms with van der Waals surface area (Å²) >= 11 is 0. The average molecular weight is 273 g/mol. The SMILES string of the molecule is CCNC(Cc1ccc(C)c(C)c1)CC1CCCCC1. The summed E-state index contributed by atoms with van der Waals surface area (Å²) in [4.78, 5) is 0. The van der Waals surface area contributed by atoms with Crippen LogP contribution < -0.4 is 5.32 Å². The van der Waals surface area contributed by atoms with Crippen LogP contribution in [0, 0.1) is 19.8 Å². The molecule has 112 valence electrons. The second-order valence-electron chi connectivity index (χ2n) is 6.62. The van der Waals surface area contributed by atoms with Crippen molar-refractivity contribution in [3.63, 3.8) is 0 Å². The van der Waals surface area contributed by atoms with E-state index in [4.69, 9.17) is 0 Å². The molecule has 1 fully saturated rings. The van der Waals surface area contributed by atoms with Gasteiger partial charge < -0.3 is 5.32 Å². The Morgan fingerprint density at radius 1 is 1.10 bits per heavy atom. The molecule has 1 nitrogen and oxygen atoms in total. The predicted octanol–water partition coefficient (Wildman–Crippen LogP) is 4.79. The van der Waals surface area contributed by atoms with E-state index < -0.39 is 0 Å². The number of hydrogen-bond acceptors (Lipinski definition) is 1. The van der Waals surface area contributed by atoms with Crippen molar-refractivity contribution in [1.29, 1.82) is 0 Å². The van der Waals surface area contributed by atoms with Gasteiger partial charge in [0.1, 0.15) is 0 Å². The molecule has 1 heteroatoms. The van der Waals surface area contributed by atoms with Gasteiger partial charge in [0, 0.05) is 6.04 Å². The van der Waals surface area contributed by atoms with E-state index in [2.05, 4.69) is 44.3 Å². The van der Waals surface area contributed by atoms with Crippen LogP contribution in [0.4, 0.5) is 0 Å². The molecule has 2 rings (SSSR count). The number of benzene rings is 1. The molecule has 0 heterocycles. The molecule has 0 saturated heterocycles. The van der Waals surface area contributed by atoms with E-state index in [-0.39, 0.29) is 0 Å². The van der Waals surface area contributed by atoms with Gasteiger partial charge in [-0.2, -0.15) is 0 Å². The van der Waals surface area contributed by atoms with Gasteiger partial charge in [-0.3, -0.25) is 0 Å². The molecule has 1 aliphatic rings. The van der Waals surface area contributed by atoms with E-state index in [1.165, 1.54) is 61.6 Å². The third kappa shape index (κ3) is 4.63. The van der Waals surface area contributed by atoms with Gasteiger partial charge in [0.05, 0.1) is 0 Å². The van der Waals surface area contributed by atoms with Gasteiger partial charge in [-0.15, -0.1) is 0 Å². The van der Waals surface area contributed by atoms with Gasteiger partial charge in [0.15, 0.2) is 0 Å². The van der Waals surface area contributed by atoms with Crippen LogP contribution >= 0.6 is 0 Å². The maximum Gasteiger partial charge on any atom is 0.0110 e. The molecular formula is C19H31N. The molecule has 1 N–H and O–H groups in total. The van der Waals surface area contributed by atoms with Crippen molar-refractivity contribution in [3.05, 3.63) is 34.9 Å². The van der Waals surface area contributed by atoms with E-state index in [0.717, 1.165) is 12.5 Å². The fraction of sp³-hybridized carbons (Fsp3) is 0.684. The number of rotatable bonds is 6. The first-order valence-corrected chi connectivity index (χ1v) is 8.48. The Morgan fingerprint density at radius 3 is 2.50 bits per heavy atom. The van der Waals surface area contributed by atoms with Crippen LogP contribution in [-0.4, -0.2) is 12.6 Å². The van der Waals surface area contributed by atoms with E-state index >= 15 is 0 Å². The Labute approximate surface area is 125 Å². The number of likely N-dealkylation sites (N-methyl/N-ethyl adjacent to an activating group) is 1. The summed E-state index contributed by atoms with van der Waals surface area (Å²) in [5.74, 6) is 0.958. The Hall–Kier alpha value is -0.820. The molecule has 0 bridgehead atoms. The van der Waals surface area contributed by atoms with Crippen LogP contribution in [0.5, 0.6) is 0 Å². The minimum absolute atomic E-state index is 0.658. The lowest BCUT2D eigenvalue weighted by Gasteiger charge is -2.27. The average Bonchev–Trinajstić information content (AvgIpc) is 2.44. The number of hydrogen-bond donors (Lipinski definition) is 1. The van der Waals surface area contributed by atoms with Gasteiger partial charge >= 0.3 is 0 Å². The van der Waals surface area contributed by atoms with Gasteiger partial charge in [-0.05, 0) is 55.8 Å². The van der Waals surface area contributed by atoms with Crippen LogP contribution in [0.25, 0.3) is 0 Å². The zero-order chi connectivity index (χ0) is 14.4. The highest BCUT2D eigenvalue weighted by atomic mass is 14.9. The van der Waals surface area contributed by atoms with Gasteiger partial charge in [0.2, 0.25) is 0 Å². The number of aryl methyl sites for hydroxylation is 2. The van der Waals surface area contributed by atoms with E-state index in [0.29, 0.717) is 6.04 Å². The van der Waals surface area contributed by atoms with Crippen LogP contribution in [0.15, 0.2) is 18.2 Å². The summed E-state index contributed by atoms with van der Waals surface area (Å²) in [6.45, 7) is 7.74. The molecular weight excluding hydrogens is 242 g/mol. The molecule has 0 radical (unpaired) electrons. The summed E-state index contributed by atoms with van der Waals surface area (Å²) in [5.41, 5.74) is 4.33. The first-order chi connectivity index (χ1) is 9.69. The zero-order valence-electron chi connectivity index (χ0n) is 13.5. The van der Waals surface area contributed by atoms with Crippen molar-refractivity contribution in [2.45, 2.75) is 71.8 Å². The highest BCUT2D eigenvalue weighted by molar-refractivity contribution is 5.30. The second-order valence-corrected chi connectivity index (χ2v) is 6.62. The highest BCUT2D eigenvalue weighted by Crippen LogP contribution is 2.28. The standard InChI is InChI=1S/C19H31N/c1-4-20-19(13-17-8-6-5-7-9-17)14-18-11-10-15(2)16(3)12-18/h10-12,17,19-20H,4-9,13-14H2,1-3H3. The third-order valence-electron chi connectivity index (χ3n) is 4.89. The number of nitrogens with one attached hydrogen (secondary N) is 1. The summed E-state index contributed by atoms with van der Waals surface area (Å²) in [7, 11) is 0. The van der Waals surface area contributed by atoms with Crippen molar-refractivity contribution in [2.75, 3.05) is 6.54 Å². The van der Waals surface area contributed by atoms with Crippen molar-refractivity contribution in [1.82, 2.24) is 5.32 Å². The van der Waals surface area contributed by atoms with Crippen molar-refractivity contribution < 1.29 is 0 Å². The Balaban J connectivity index is 1.94. The van der Waals surface area contributed by atoms with Crippen LogP contribution in [0.3, 0.4) is 0 Å². The molecule has 1 aromatic carbocycles. The van der Waals surface area contributed by atoms with Crippen molar-refractivity contribution in [3.8, 4) is 0 Å². The van der Waals surface area contributed by atoms with Crippen LogP contribution in [-0.2, 0) is 6.42 Å². The Morgan fingerprint density at radius 2 is 1.85 bits per heavy atom. The summed E-state index contributed by atoms with van der Waals surface area (Å²) in [6, 6.07) is 7.62. The molecule has 1 saturated carbocycles. The maximum absolute atomic E-state index is 3.71. The molecule has 0 aliphatic heterocycles. The van der Waals surface area contributed by atoms with Crippen LogP contribution in [0.1, 0.15) is 62.1 Å². The smallest absolute Gasteiger partial charge is 0.0110 e. The monoisotopic (exact) mass is 273 g/mol. The van der Waals surface area contributed by atoms with E-state index in [1.807, 2.05) is 0 Å². The molecule has 1 atom stereocenters. The third-order valence-corrected chi connectivity index (χ3v) is 4.89. The first-order valence-electron chi connectivity index (χ1n) is 8.48. The van der Waals surface area contributed by atoms with Gasteiger partial charge in [0.25, 0.3) is 0 Å². The minimum atomic E-state index is 0.658. The van der Waals surface area contributed by atoms with E-state index in [9.17, 15) is 0 Å². The normalized spacial score (nSPS) is 18.1. The predicted molar refractivity (Wildman–Crippen MR) is 88.3 cm³/mol. The van der Waals surface area contributed by atoms with Crippen LogP contribution in [0.2, 0.25) is 0 Å². The molecule has 1 aliphatic carbocycles. The van der Waals surface area contributed by atoms with Crippen molar-refractivity contribution >= 4 is 0 Å². The fourth-order valence-electron chi connectivity index (χ4n) is 3.57. The van der Waals surface area contributed by atoms with E-state index in [1.54, 1.807) is 0 Å². The second kappa shape index (κ2) is 7.83. The lowest BCUT2D eigenvalue weighted by atomic mass is 9.83. The fourth-order valence-corrected chi connectivity index (χ4v) is 3.57. The first kappa shape index (κ1) is 15.6. The minimum Gasteiger partial charge on any atom is -0.314 e. The van der Waals surface area contributed by atoms with Gasteiger partial charge in [-0.25, -0.2) is 0 Å². The van der Waals surface area contributed by atoms with Crippen molar-refractivity contribution in [2.24, 2.45) is 5.92 Å². The highest BCUT2D eigenvalue weighted by Gasteiger charge is 2.18. The summed E-state index contributed by atoms with van der Waals surface area (Å²) in [6.07, 6.45) is 9.82. The quantitative estimate of drug-likeness (QED) is 0.785. The Kier molecular flexibility index (Phi) is 6.09. The molecule has 1 unspecified atom stereocenters. The molecule has 0 aromatic heterocycles. The largest absolute Gasteiger partial charge is 0.314 e. The molecule has 1 aromatic rings. The summed E-state index contributed by atoms with van der Waals surface area (Å²) in [5, 5.41) is 3.71.